The third kappa shape index (κ3) is 3.69. The van der Waals surface area contributed by atoms with Gasteiger partial charge in [-0.25, -0.2) is 4.79 Å². The number of carbonyl (C=O) groups is 1. The number of amides is 2. The Hall–Kier alpha value is -1.55. The van der Waals surface area contributed by atoms with Crippen LogP contribution in [0.1, 0.15) is 48.8 Å². The zero-order valence-electron chi connectivity index (χ0n) is 13.6. The number of fused-ring (bicyclic) bond motifs is 1. The molecule has 4 nitrogen and oxygen atoms in total. The summed E-state index contributed by atoms with van der Waals surface area (Å²) in [7, 11) is 0. The van der Waals surface area contributed by atoms with Crippen LogP contribution in [0.5, 0.6) is 0 Å². The number of aryl methyl sites for hydroxylation is 2. The Morgan fingerprint density at radius 1 is 1.17 bits per heavy atom. The number of carbonyl (C=O) groups excluding carboxylic acids is 1. The second-order valence-electron chi connectivity index (χ2n) is 7.25. The summed E-state index contributed by atoms with van der Waals surface area (Å²) in [6.07, 6.45) is 8.50. The SMILES string of the molecule is O=C(NCc1ccc2c(c1)CCC2)N[C@@H]1CCO[C@@H](C2CC2)C1. The Morgan fingerprint density at radius 3 is 2.91 bits per heavy atom. The maximum Gasteiger partial charge on any atom is 0.315 e. The number of benzene rings is 1. The summed E-state index contributed by atoms with van der Waals surface area (Å²) < 4.78 is 5.81. The van der Waals surface area contributed by atoms with Crippen LogP contribution in [0.15, 0.2) is 18.2 Å². The number of rotatable bonds is 4. The van der Waals surface area contributed by atoms with Gasteiger partial charge in [-0.3, -0.25) is 0 Å². The Morgan fingerprint density at radius 2 is 2.04 bits per heavy atom. The molecule has 0 radical (unpaired) electrons. The van der Waals surface area contributed by atoms with Gasteiger partial charge in [0, 0.05) is 19.2 Å². The molecule has 1 heterocycles. The lowest BCUT2D eigenvalue weighted by Gasteiger charge is -2.30. The van der Waals surface area contributed by atoms with Crippen LogP contribution >= 0.6 is 0 Å². The summed E-state index contributed by atoms with van der Waals surface area (Å²) in [6.45, 7) is 1.38. The van der Waals surface area contributed by atoms with Crippen molar-refractivity contribution < 1.29 is 9.53 Å². The van der Waals surface area contributed by atoms with Gasteiger partial charge in [0.25, 0.3) is 0 Å². The second kappa shape index (κ2) is 6.52. The van der Waals surface area contributed by atoms with Crippen LogP contribution in [0, 0.1) is 5.92 Å². The van der Waals surface area contributed by atoms with Crippen molar-refractivity contribution in [2.75, 3.05) is 6.61 Å². The number of hydrogen-bond donors (Lipinski definition) is 2. The van der Waals surface area contributed by atoms with E-state index in [1.165, 1.54) is 48.8 Å². The first-order valence-electron chi connectivity index (χ1n) is 9.04. The average Bonchev–Trinajstić information content (AvgIpc) is 3.31. The van der Waals surface area contributed by atoms with E-state index in [0.717, 1.165) is 25.4 Å². The van der Waals surface area contributed by atoms with E-state index in [1.807, 2.05) is 0 Å². The number of nitrogens with one attached hydrogen (secondary N) is 2. The summed E-state index contributed by atoms with van der Waals surface area (Å²) in [5.41, 5.74) is 4.14. The molecule has 1 saturated heterocycles. The minimum Gasteiger partial charge on any atom is -0.378 e. The molecule has 4 heteroatoms. The normalized spacial score (nSPS) is 26.6. The number of hydrogen-bond acceptors (Lipinski definition) is 2. The van der Waals surface area contributed by atoms with Crippen molar-refractivity contribution in [3.8, 4) is 0 Å². The predicted molar refractivity (Wildman–Crippen MR) is 89.3 cm³/mol. The molecule has 2 aliphatic carbocycles. The van der Waals surface area contributed by atoms with E-state index >= 15 is 0 Å². The molecule has 1 aromatic carbocycles. The summed E-state index contributed by atoms with van der Waals surface area (Å²) in [5, 5.41) is 6.13. The number of urea groups is 1. The Labute approximate surface area is 138 Å². The molecule has 2 fully saturated rings. The molecule has 23 heavy (non-hydrogen) atoms. The fourth-order valence-electron chi connectivity index (χ4n) is 3.91. The van der Waals surface area contributed by atoms with Gasteiger partial charge in [-0.05, 0) is 67.6 Å². The molecule has 2 amide bonds. The van der Waals surface area contributed by atoms with Crippen molar-refractivity contribution in [2.45, 2.75) is 63.6 Å². The Balaban J connectivity index is 1.25. The summed E-state index contributed by atoms with van der Waals surface area (Å²) in [4.78, 5) is 12.1. The van der Waals surface area contributed by atoms with Gasteiger partial charge >= 0.3 is 6.03 Å². The fraction of sp³-hybridized carbons (Fsp3) is 0.632. The van der Waals surface area contributed by atoms with Crippen LogP contribution in [0.3, 0.4) is 0 Å². The van der Waals surface area contributed by atoms with Crippen LogP contribution in [0.25, 0.3) is 0 Å². The molecule has 0 bridgehead atoms. The zero-order valence-corrected chi connectivity index (χ0v) is 13.6. The maximum absolute atomic E-state index is 12.1. The molecule has 1 aliphatic heterocycles. The van der Waals surface area contributed by atoms with Crippen molar-refractivity contribution in [3.63, 3.8) is 0 Å². The highest BCUT2D eigenvalue weighted by Gasteiger charge is 2.36. The topological polar surface area (TPSA) is 50.4 Å². The second-order valence-corrected chi connectivity index (χ2v) is 7.25. The van der Waals surface area contributed by atoms with Gasteiger partial charge in [-0.1, -0.05) is 18.2 Å². The van der Waals surface area contributed by atoms with E-state index in [-0.39, 0.29) is 12.1 Å². The molecule has 124 valence electrons. The molecule has 0 aromatic heterocycles. The van der Waals surface area contributed by atoms with Gasteiger partial charge in [0.05, 0.1) is 6.10 Å². The van der Waals surface area contributed by atoms with Gasteiger partial charge in [-0.15, -0.1) is 0 Å². The van der Waals surface area contributed by atoms with E-state index in [4.69, 9.17) is 4.74 Å². The first-order chi connectivity index (χ1) is 11.3. The maximum atomic E-state index is 12.1. The molecule has 0 unspecified atom stereocenters. The minimum absolute atomic E-state index is 0.0491. The molecule has 3 aliphatic rings. The average molecular weight is 314 g/mol. The molecule has 1 aromatic rings. The third-order valence-electron chi connectivity index (χ3n) is 5.41. The lowest BCUT2D eigenvalue weighted by atomic mass is 10.0. The van der Waals surface area contributed by atoms with Crippen molar-refractivity contribution in [1.29, 1.82) is 0 Å². The van der Waals surface area contributed by atoms with Gasteiger partial charge in [0.2, 0.25) is 0 Å². The minimum atomic E-state index is -0.0491. The van der Waals surface area contributed by atoms with Crippen molar-refractivity contribution in [1.82, 2.24) is 10.6 Å². The van der Waals surface area contributed by atoms with E-state index in [1.54, 1.807) is 0 Å². The Kier molecular flexibility index (Phi) is 4.25. The molecular weight excluding hydrogens is 288 g/mol. The highest BCUT2D eigenvalue weighted by Crippen LogP contribution is 2.38. The van der Waals surface area contributed by atoms with Crippen molar-refractivity contribution >= 4 is 6.03 Å². The summed E-state index contributed by atoms with van der Waals surface area (Å²) >= 11 is 0. The van der Waals surface area contributed by atoms with Crippen molar-refractivity contribution in [3.05, 3.63) is 34.9 Å². The van der Waals surface area contributed by atoms with Gasteiger partial charge < -0.3 is 15.4 Å². The first kappa shape index (κ1) is 15.0. The van der Waals surface area contributed by atoms with Gasteiger partial charge in [0.1, 0.15) is 0 Å². The third-order valence-corrected chi connectivity index (χ3v) is 5.41. The summed E-state index contributed by atoms with van der Waals surface area (Å²) in [5.74, 6) is 0.745. The monoisotopic (exact) mass is 314 g/mol. The van der Waals surface area contributed by atoms with Crippen molar-refractivity contribution in [2.24, 2.45) is 5.92 Å². The van der Waals surface area contributed by atoms with Crippen LogP contribution < -0.4 is 10.6 Å². The molecule has 2 N–H and O–H groups in total. The van der Waals surface area contributed by atoms with Gasteiger partial charge in [0.15, 0.2) is 0 Å². The zero-order chi connectivity index (χ0) is 15.6. The van der Waals surface area contributed by atoms with E-state index in [9.17, 15) is 4.79 Å². The van der Waals surface area contributed by atoms with E-state index < -0.39 is 0 Å². The summed E-state index contributed by atoms with van der Waals surface area (Å²) in [6, 6.07) is 6.82. The van der Waals surface area contributed by atoms with Crippen LogP contribution in [0.2, 0.25) is 0 Å². The van der Waals surface area contributed by atoms with Crippen LogP contribution in [-0.4, -0.2) is 24.8 Å². The van der Waals surface area contributed by atoms with E-state index in [0.29, 0.717) is 12.6 Å². The standard InChI is InChI=1S/C19H26N2O2/c22-19(21-17-8-9-23-18(11-17)15-6-7-15)20-12-13-4-5-14-2-1-3-16(14)10-13/h4-5,10,15,17-18H,1-3,6-9,11-12H2,(H2,20,21,22)/t17-,18-/m1/s1. The fourth-order valence-corrected chi connectivity index (χ4v) is 3.91. The van der Waals surface area contributed by atoms with Crippen LogP contribution in [-0.2, 0) is 24.1 Å². The molecule has 1 saturated carbocycles. The molecule has 0 spiro atoms. The predicted octanol–water partition coefficient (Wildman–Crippen LogP) is 2.93. The van der Waals surface area contributed by atoms with Gasteiger partial charge in [-0.2, -0.15) is 0 Å². The molecule has 2 atom stereocenters. The lowest BCUT2D eigenvalue weighted by Crippen LogP contribution is -2.46. The lowest BCUT2D eigenvalue weighted by molar-refractivity contribution is -0.00914. The first-order valence-corrected chi connectivity index (χ1v) is 9.04. The highest BCUT2D eigenvalue weighted by molar-refractivity contribution is 5.74. The highest BCUT2D eigenvalue weighted by atomic mass is 16.5. The smallest absolute Gasteiger partial charge is 0.315 e. The Bertz CT molecular complexity index is 583. The quantitative estimate of drug-likeness (QED) is 0.898. The molecule has 4 rings (SSSR count). The van der Waals surface area contributed by atoms with Crippen LogP contribution in [0.4, 0.5) is 4.79 Å². The van der Waals surface area contributed by atoms with E-state index in [2.05, 4.69) is 28.8 Å². The largest absolute Gasteiger partial charge is 0.378 e. The molecular formula is C19H26N2O2. The number of ether oxygens (including phenoxy) is 1.